The first-order valence-electron chi connectivity index (χ1n) is 5.84. The Morgan fingerprint density at radius 1 is 1.50 bits per heavy atom. The highest BCUT2D eigenvalue weighted by Crippen LogP contribution is 2.29. The first-order valence-corrected chi connectivity index (χ1v) is 5.84. The third kappa shape index (κ3) is 2.74. The van der Waals surface area contributed by atoms with Crippen LogP contribution in [0, 0.1) is 10.1 Å². The predicted molar refractivity (Wildman–Crippen MR) is 70.8 cm³/mol. The SMILES string of the molecule is CCOc1cccc([N+](=O)[O-])c1C(=O)Nc1ccn[nH]1. The summed E-state index contributed by atoms with van der Waals surface area (Å²) < 4.78 is 5.28. The average Bonchev–Trinajstić information content (AvgIpc) is 2.91. The molecular weight excluding hydrogens is 264 g/mol. The summed E-state index contributed by atoms with van der Waals surface area (Å²) in [5.74, 6) is -0.126. The monoisotopic (exact) mass is 276 g/mol. The molecule has 0 bridgehead atoms. The molecule has 0 atom stereocenters. The molecule has 8 nitrogen and oxygen atoms in total. The van der Waals surface area contributed by atoms with E-state index in [1.807, 2.05) is 0 Å². The summed E-state index contributed by atoms with van der Waals surface area (Å²) in [5.41, 5.74) is -0.429. The molecule has 8 heteroatoms. The van der Waals surface area contributed by atoms with Gasteiger partial charge in [-0.15, -0.1) is 0 Å². The lowest BCUT2D eigenvalue weighted by molar-refractivity contribution is -0.385. The summed E-state index contributed by atoms with van der Waals surface area (Å²) >= 11 is 0. The van der Waals surface area contributed by atoms with Crippen LogP contribution in [0.5, 0.6) is 5.75 Å². The quantitative estimate of drug-likeness (QED) is 0.640. The van der Waals surface area contributed by atoms with Gasteiger partial charge in [0.2, 0.25) is 0 Å². The molecule has 1 aromatic heterocycles. The second-order valence-electron chi connectivity index (χ2n) is 3.76. The van der Waals surface area contributed by atoms with E-state index < -0.39 is 10.8 Å². The summed E-state index contributed by atoms with van der Waals surface area (Å²) in [7, 11) is 0. The maximum atomic E-state index is 12.2. The van der Waals surface area contributed by atoms with Gasteiger partial charge in [0.15, 0.2) is 5.56 Å². The van der Waals surface area contributed by atoms with Crippen molar-refractivity contribution in [3.8, 4) is 5.75 Å². The van der Waals surface area contributed by atoms with Crippen molar-refractivity contribution in [1.82, 2.24) is 10.2 Å². The second-order valence-corrected chi connectivity index (χ2v) is 3.76. The van der Waals surface area contributed by atoms with E-state index in [2.05, 4.69) is 15.5 Å². The Morgan fingerprint density at radius 3 is 2.90 bits per heavy atom. The number of carbonyl (C=O) groups is 1. The van der Waals surface area contributed by atoms with Crippen LogP contribution in [0.2, 0.25) is 0 Å². The summed E-state index contributed by atoms with van der Waals surface area (Å²) in [6, 6.07) is 5.77. The number of H-pyrrole nitrogens is 1. The maximum Gasteiger partial charge on any atom is 0.285 e. The highest BCUT2D eigenvalue weighted by atomic mass is 16.6. The largest absolute Gasteiger partial charge is 0.493 e. The van der Waals surface area contributed by atoms with Gasteiger partial charge < -0.3 is 10.1 Å². The number of aromatic amines is 1. The molecule has 0 aliphatic rings. The van der Waals surface area contributed by atoms with Crippen LogP contribution >= 0.6 is 0 Å². The normalized spacial score (nSPS) is 10.1. The van der Waals surface area contributed by atoms with Crippen molar-refractivity contribution in [3.63, 3.8) is 0 Å². The number of aromatic nitrogens is 2. The van der Waals surface area contributed by atoms with E-state index in [0.29, 0.717) is 12.4 Å². The third-order valence-electron chi connectivity index (χ3n) is 2.48. The van der Waals surface area contributed by atoms with E-state index in [-0.39, 0.29) is 17.0 Å². The number of carbonyl (C=O) groups excluding carboxylic acids is 1. The Hall–Kier alpha value is -2.90. The molecular formula is C12H12N4O4. The van der Waals surface area contributed by atoms with E-state index in [1.54, 1.807) is 6.92 Å². The summed E-state index contributed by atoms with van der Waals surface area (Å²) in [5, 5.41) is 19.8. The third-order valence-corrected chi connectivity index (χ3v) is 2.48. The number of nitro groups is 1. The Labute approximate surface area is 113 Å². The lowest BCUT2D eigenvalue weighted by atomic mass is 10.1. The fraction of sp³-hybridized carbons (Fsp3) is 0.167. The van der Waals surface area contributed by atoms with Gasteiger partial charge in [0.1, 0.15) is 11.6 Å². The zero-order valence-corrected chi connectivity index (χ0v) is 10.6. The molecule has 0 radical (unpaired) electrons. The molecule has 2 N–H and O–H groups in total. The van der Waals surface area contributed by atoms with E-state index >= 15 is 0 Å². The molecule has 1 heterocycles. The van der Waals surface area contributed by atoms with Gasteiger partial charge in [-0.1, -0.05) is 6.07 Å². The lowest BCUT2D eigenvalue weighted by Crippen LogP contribution is -2.16. The number of hydrogen-bond acceptors (Lipinski definition) is 5. The Balaban J connectivity index is 2.41. The minimum Gasteiger partial charge on any atom is -0.493 e. The average molecular weight is 276 g/mol. The lowest BCUT2D eigenvalue weighted by Gasteiger charge is -2.10. The summed E-state index contributed by atoms with van der Waals surface area (Å²) in [6.07, 6.45) is 1.46. The highest BCUT2D eigenvalue weighted by Gasteiger charge is 2.25. The van der Waals surface area contributed by atoms with E-state index in [0.717, 1.165) is 0 Å². The highest BCUT2D eigenvalue weighted by molar-refractivity contribution is 6.08. The van der Waals surface area contributed by atoms with Crippen LogP contribution in [0.4, 0.5) is 11.5 Å². The summed E-state index contributed by atoms with van der Waals surface area (Å²) in [6.45, 7) is 2.03. The molecule has 104 valence electrons. The Morgan fingerprint density at radius 2 is 2.30 bits per heavy atom. The number of ether oxygens (including phenoxy) is 1. The van der Waals surface area contributed by atoms with Crippen LogP contribution in [0.1, 0.15) is 17.3 Å². The zero-order valence-electron chi connectivity index (χ0n) is 10.6. The number of hydrogen-bond donors (Lipinski definition) is 2. The molecule has 2 rings (SSSR count). The molecule has 0 saturated carbocycles. The van der Waals surface area contributed by atoms with Crippen LogP contribution in [-0.2, 0) is 0 Å². The van der Waals surface area contributed by atoms with Crippen molar-refractivity contribution in [2.24, 2.45) is 0 Å². The number of benzene rings is 1. The molecule has 0 spiro atoms. The number of nitrogens with one attached hydrogen (secondary N) is 2. The minimum atomic E-state index is -0.634. The fourth-order valence-electron chi connectivity index (χ4n) is 1.69. The standard InChI is InChI=1S/C12H12N4O4/c1-2-20-9-5-3-4-8(16(18)19)11(9)12(17)14-10-6-7-13-15-10/h3-7H,2H2,1H3,(H2,13,14,15,17). The van der Waals surface area contributed by atoms with Gasteiger partial charge in [0, 0.05) is 12.1 Å². The first kappa shape index (κ1) is 13.5. The number of rotatable bonds is 5. The summed E-state index contributed by atoms with van der Waals surface area (Å²) in [4.78, 5) is 22.6. The van der Waals surface area contributed by atoms with Crippen molar-refractivity contribution in [3.05, 3.63) is 46.1 Å². The maximum absolute atomic E-state index is 12.2. The van der Waals surface area contributed by atoms with Crippen molar-refractivity contribution in [2.45, 2.75) is 6.92 Å². The number of nitro benzene ring substituents is 1. The predicted octanol–water partition coefficient (Wildman–Crippen LogP) is 1.97. The number of nitrogens with zero attached hydrogens (tertiary/aromatic N) is 2. The molecule has 1 aromatic carbocycles. The van der Waals surface area contributed by atoms with Gasteiger partial charge in [-0.05, 0) is 13.0 Å². The number of anilines is 1. The zero-order chi connectivity index (χ0) is 14.5. The molecule has 0 fully saturated rings. The van der Waals surface area contributed by atoms with E-state index in [4.69, 9.17) is 4.74 Å². The topological polar surface area (TPSA) is 110 Å². The van der Waals surface area contributed by atoms with Gasteiger partial charge in [-0.3, -0.25) is 20.0 Å². The second kappa shape index (κ2) is 5.83. The van der Waals surface area contributed by atoms with Gasteiger partial charge >= 0.3 is 0 Å². The van der Waals surface area contributed by atoms with Gasteiger partial charge in [-0.2, -0.15) is 5.10 Å². The van der Waals surface area contributed by atoms with E-state index in [1.165, 1.54) is 30.5 Å². The molecule has 1 amide bonds. The van der Waals surface area contributed by atoms with Crippen molar-refractivity contribution >= 4 is 17.4 Å². The van der Waals surface area contributed by atoms with Crippen molar-refractivity contribution in [2.75, 3.05) is 11.9 Å². The Kier molecular flexibility index (Phi) is 3.94. The van der Waals surface area contributed by atoms with Crippen molar-refractivity contribution in [1.29, 1.82) is 0 Å². The van der Waals surface area contributed by atoms with Gasteiger partial charge in [0.25, 0.3) is 11.6 Å². The first-order chi connectivity index (χ1) is 9.63. The van der Waals surface area contributed by atoms with Crippen LogP contribution in [0.15, 0.2) is 30.5 Å². The minimum absolute atomic E-state index is 0.117. The number of amides is 1. The Bertz CT molecular complexity index is 624. The molecule has 0 unspecified atom stereocenters. The van der Waals surface area contributed by atoms with Gasteiger partial charge in [-0.25, -0.2) is 0 Å². The van der Waals surface area contributed by atoms with E-state index in [9.17, 15) is 14.9 Å². The molecule has 2 aromatic rings. The van der Waals surface area contributed by atoms with Gasteiger partial charge in [0.05, 0.1) is 17.7 Å². The van der Waals surface area contributed by atoms with Crippen LogP contribution < -0.4 is 10.1 Å². The molecule has 0 aliphatic carbocycles. The van der Waals surface area contributed by atoms with Crippen LogP contribution in [0.25, 0.3) is 0 Å². The molecule has 20 heavy (non-hydrogen) atoms. The molecule has 0 saturated heterocycles. The molecule has 0 aliphatic heterocycles. The fourth-order valence-corrected chi connectivity index (χ4v) is 1.69. The van der Waals surface area contributed by atoms with Crippen LogP contribution in [0.3, 0.4) is 0 Å². The van der Waals surface area contributed by atoms with Crippen LogP contribution in [-0.4, -0.2) is 27.6 Å². The smallest absolute Gasteiger partial charge is 0.285 e. The van der Waals surface area contributed by atoms with Crippen molar-refractivity contribution < 1.29 is 14.5 Å².